The van der Waals surface area contributed by atoms with Crippen LogP contribution in [0.4, 0.5) is 0 Å². The molecule has 0 spiro atoms. The summed E-state index contributed by atoms with van der Waals surface area (Å²) in [4.78, 5) is 0. The highest BCUT2D eigenvalue weighted by molar-refractivity contribution is 7.64. The van der Waals surface area contributed by atoms with Crippen LogP contribution in [-0.4, -0.2) is 13.2 Å². The van der Waals surface area contributed by atoms with E-state index in [2.05, 4.69) is 78.9 Å². The molecule has 0 amide bonds. The van der Waals surface area contributed by atoms with Gasteiger partial charge in [-0.3, -0.25) is 0 Å². The lowest BCUT2D eigenvalue weighted by Crippen LogP contribution is -2.07. The van der Waals surface area contributed by atoms with E-state index in [4.69, 9.17) is 9.47 Å². The van der Waals surface area contributed by atoms with Crippen molar-refractivity contribution < 1.29 is 9.47 Å². The zero-order valence-electron chi connectivity index (χ0n) is 19.8. The lowest BCUT2D eigenvalue weighted by molar-refractivity contribution is 0.299. The Morgan fingerprint density at radius 2 is 0.879 bits per heavy atom. The number of ether oxygens (including phenoxy) is 2. The normalized spacial score (nSPS) is 17.2. The van der Waals surface area contributed by atoms with E-state index in [1.807, 2.05) is 0 Å². The molecule has 3 aromatic rings. The Morgan fingerprint density at radius 3 is 1.39 bits per heavy atom. The van der Waals surface area contributed by atoms with Gasteiger partial charge in [-0.25, -0.2) is 0 Å². The third-order valence-corrected chi connectivity index (χ3v) is 8.82. The molecule has 0 saturated carbocycles. The zero-order chi connectivity index (χ0) is 22.6. The number of hydrogen-bond acceptors (Lipinski definition) is 2. The summed E-state index contributed by atoms with van der Waals surface area (Å²) in [7, 11) is -0.434. The monoisotopic (exact) mass is 460 g/mol. The topological polar surface area (TPSA) is 18.5 Å². The van der Waals surface area contributed by atoms with E-state index in [0.29, 0.717) is 0 Å². The van der Waals surface area contributed by atoms with Crippen molar-refractivity contribution in [2.24, 2.45) is 0 Å². The second kappa shape index (κ2) is 13.4. The van der Waals surface area contributed by atoms with Gasteiger partial charge in [-0.15, -0.1) is 0 Å². The number of hydrogen-bond donors (Lipinski definition) is 0. The highest BCUT2D eigenvalue weighted by Gasteiger charge is 2.17. The zero-order valence-corrected chi connectivity index (χ0v) is 20.6. The minimum absolute atomic E-state index is 0.434. The van der Waals surface area contributed by atoms with Gasteiger partial charge in [0.1, 0.15) is 11.5 Å². The highest BCUT2D eigenvalue weighted by atomic mass is 31.1. The SMILES string of the molecule is c1ccc(P2Cc3ccccc3OCCCCCCCCCCOc3ccccc3C2)cc1. The van der Waals surface area contributed by atoms with Gasteiger partial charge in [-0.05, 0) is 41.4 Å². The quantitative estimate of drug-likeness (QED) is 0.342. The van der Waals surface area contributed by atoms with E-state index < -0.39 is 7.92 Å². The Bertz CT molecular complexity index is 897. The summed E-state index contributed by atoms with van der Waals surface area (Å²) >= 11 is 0. The summed E-state index contributed by atoms with van der Waals surface area (Å²) in [5, 5.41) is 1.43. The van der Waals surface area contributed by atoms with Crippen LogP contribution in [0.15, 0.2) is 78.9 Å². The molecule has 0 atom stereocenters. The molecule has 1 aliphatic heterocycles. The number of para-hydroxylation sites is 2. The molecule has 0 aromatic heterocycles. The molecule has 3 aromatic carbocycles. The van der Waals surface area contributed by atoms with Crippen LogP contribution in [0.3, 0.4) is 0 Å². The Morgan fingerprint density at radius 1 is 0.455 bits per heavy atom. The highest BCUT2D eigenvalue weighted by Crippen LogP contribution is 2.45. The first-order chi connectivity index (χ1) is 16.4. The second-order valence-electron chi connectivity index (χ2n) is 8.93. The maximum Gasteiger partial charge on any atom is 0.122 e. The molecule has 0 fully saturated rings. The number of fused-ring (bicyclic) bond motifs is 2. The molecular weight excluding hydrogens is 423 g/mol. The van der Waals surface area contributed by atoms with Crippen LogP contribution in [0.1, 0.15) is 62.5 Å². The average molecular weight is 461 g/mol. The average Bonchev–Trinajstić information content (AvgIpc) is 2.86. The van der Waals surface area contributed by atoms with Gasteiger partial charge in [0, 0.05) is 12.3 Å². The Labute approximate surface area is 201 Å². The lowest BCUT2D eigenvalue weighted by atomic mass is 10.1. The van der Waals surface area contributed by atoms with Crippen LogP contribution in [-0.2, 0) is 12.3 Å². The number of benzene rings is 3. The smallest absolute Gasteiger partial charge is 0.122 e. The fourth-order valence-corrected chi connectivity index (χ4v) is 6.88. The van der Waals surface area contributed by atoms with Gasteiger partial charge in [0.05, 0.1) is 13.2 Å². The van der Waals surface area contributed by atoms with Crippen LogP contribution in [0.25, 0.3) is 0 Å². The van der Waals surface area contributed by atoms with Gasteiger partial charge in [-0.1, -0.05) is 113 Å². The predicted molar refractivity (Wildman–Crippen MR) is 141 cm³/mol. The standard InChI is InChI=1S/C30H37O2P/c1-2-4-6-15-23-32-30-21-13-11-17-27(30)25-33(28-18-8-7-9-19-28)24-26-16-10-12-20-29(26)31-22-14-5-3-1/h7-13,16-21H,1-6,14-15,22-25H2. The van der Waals surface area contributed by atoms with Crippen LogP contribution in [0.2, 0.25) is 0 Å². The summed E-state index contributed by atoms with van der Waals surface area (Å²) in [6.07, 6.45) is 12.1. The Balaban J connectivity index is 1.59. The van der Waals surface area contributed by atoms with Crippen molar-refractivity contribution in [3.63, 3.8) is 0 Å². The van der Waals surface area contributed by atoms with Crippen molar-refractivity contribution in [3.05, 3.63) is 90.0 Å². The third kappa shape index (κ3) is 7.61. The van der Waals surface area contributed by atoms with Crippen molar-refractivity contribution >= 4 is 13.2 Å². The molecule has 0 bridgehead atoms. The maximum atomic E-state index is 6.29. The molecule has 174 valence electrons. The van der Waals surface area contributed by atoms with Gasteiger partial charge >= 0.3 is 0 Å². The second-order valence-corrected chi connectivity index (χ2v) is 11.2. The van der Waals surface area contributed by atoms with Crippen molar-refractivity contribution in [1.82, 2.24) is 0 Å². The van der Waals surface area contributed by atoms with Crippen molar-refractivity contribution in [2.45, 2.75) is 63.7 Å². The van der Waals surface area contributed by atoms with E-state index in [0.717, 1.165) is 49.9 Å². The summed E-state index contributed by atoms with van der Waals surface area (Å²) in [5.74, 6) is 2.12. The van der Waals surface area contributed by atoms with Crippen LogP contribution in [0.5, 0.6) is 11.5 Å². The minimum atomic E-state index is -0.434. The molecule has 1 aliphatic rings. The number of rotatable bonds is 1. The fourth-order valence-electron chi connectivity index (χ4n) is 4.47. The van der Waals surface area contributed by atoms with Crippen LogP contribution < -0.4 is 14.8 Å². The lowest BCUT2D eigenvalue weighted by Gasteiger charge is -2.22. The molecule has 1 heterocycles. The van der Waals surface area contributed by atoms with Gasteiger partial charge in [-0.2, -0.15) is 0 Å². The van der Waals surface area contributed by atoms with E-state index in [-0.39, 0.29) is 0 Å². The van der Waals surface area contributed by atoms with E-state index in [9.17, 15) is 0 Å². The van der Waals surface area contributed by atoms with Gasteiger partial charge in [0.15, 0.2) is 0 Å². The van der Waals surface area contributed by atoms with E-state index >= 15 is 0 Å². The van der Waals surface area contributed by atoms with Gasteiger partial charge in [0.2, 0.25) is 0 Å². The molecule has 0 saturated heterocycles. The summed E-state index contributed by atoms with van der Waals surface area (Å²) in [5.41, 5.74) is 2.65. The molecular formula is C30H37O2P. The summed E-state index contributed by atoms with van der Waals surface area (Å²) in [6.45, 7) is 1.63. The Kier molecular flexibility index (Phi) is 9.69. The van der Waals surface area contributed by atoms with Gasteiger partial charge in [0.25, 0.3) is 0 Å². The first-order valence-electron chi connectivity index (χ1n) is 12.6. The van der Waals surface area contributed by atoms with Crippen molar-refractivity contribution in [1.29, 1.82) is 0 Å². The van der Waals surface area contributed by atoms with E-state index in [1.165, 1.54) is 55.0 Å². The van der Waals surface area contributed by atoms with Crippen molar-refractivity contribution in [2.75, 3.05) is 13.2 Å². The van der Waals surface area contributed by atoms with E-state index in [1.54, 1.807) is 0 Å². The fraction of sp³-hybridized carbons (Fsp3) is 0.400. The molecule has 0 radical (unpaired) electrons. The first kappa shape index (κ1) is 23.8. The molecule has 0 unspecified atom stereocenters. The summed E-state index contributed by atoms with van der Waals surface area (Å²) < 4.78 is 12.6. The molecule has 33 heavy (non-hydrogen) atoms. The molecule has 3 heteroatoms. The summed E-state index contributed by atoms with van der Waals surface area (Å²) in [6, 6.07) is 28.3. The molecule has 0 N–H and O–H groups in total. The van der Waals surface area contributed by atoms with Crippen LogP contribution >= 0.6 is 7.92 Å². The van der Waals surface area contributed by atoms with Crippen LogP contribution in [0, 0.1) is 0 Å². The first-order valence-corrected chi connectivity index (χ1v) is 14.3. The molecule has 4 rings (SSSR count). The predicted octanol–water partition coefficient (Wildman–Crippen LogP) is 8.09. The molecule has 2 nitrogen and oxygen atoms in total. The molecule has 0 aliphatic carbocycles. The van der Waals surface area contributed by atoms with Gasteiger partial charge < -0.3 is 9.47 Å². The third-order valence-electron chi connectivity index (χ3n) is 6.34. The Hall–Kier alpha value is -2.31. The van der Waals surface area contributed by atoms with Crippen molar-refractivity contribution in [3.8, 4) is 11.5 Å². The maximum absolute atomic E-state index is 6.29. The largest absolute Gasteiger partial charge is 0.493 e. The minimum Gasteiger partial charge on any atom is -0.493 e.